The predicted molar refractivity (Wildman–Crippen MR) is 54.9 cm³/mol. The van der Waals surface area contributed by atoms with E-state index in [-0.39, 0.29) is 11.7 Å². The fourth-order valence-electron chi connectivity index (χ4n) is 1.42. The Morgan fingerprint density at radius 1 is 1.07 bits per heavy atom. The Bertz CT molecular complexity index is 225. The molecular formula is C11H17NO2. The average molecular weight is 195 g/mol. The van der Waals surface area contributed by atoms with E-state index in [1.165, 1.54) is 0 Å². The van der Waals surface area contributed by atoms with E-state index < -0.39 is 0 Å². The number of rotatable bonds is 0. The second-order valence-corrected chi connectivity index (χ2v) is 3.57. The minimum Gasteiger partial charge on any atom is -0.356 e. The van der Waals surface area contributed by atoms with Crippen LogP contribution in [-0.4, -0.2) is 18.2 Å². The Hall–Kier alpha value is -1.12. The zero-order chi connectivity index (χ0) is 10.2. The fraction of sp³-hybridized carbons (Fsp3) is 0.636. The number of hydrogen-bond donors (Lipinski definition) is 1. The van der Waals surface area contributed by atoms with Crippen LogP contribution in [0.2, 0.25) is 0 Å². The number of amides is 1. The molecule has 0 spiro atoms. The quantitative estimate of drug-likeness (QED) is 0.638. The summed E-state index contributed by atoms with van der Waals surface area (Å²) < 4.78 is 0. The molecule has 3 nitrogen and oxygen atoms in total. The maximum Gasteiger partial charge on any atom is 0.219 e. The molecule has 0 unspecified atom stereocenters. The summed E-state index contributed by atoms with van der Waals surface area (Å²) in [6.45, 7) is 0.888. The topological polar surface area (TPSA) is 46.2 Å². The Kier molecular flexibility index (Phi) is 4.97. The normalized spacial score (nSPS) is 20.9. The Morgan fingerprint density at radius 2 is 1.93 bits per heavy atom. The minimum absolute atomic E-state index is 0.214. The Morgan fingerprint density at radius 3 is 2.21 bits per heavy atom. The highest BCUT2D eigenvalue weighted by Gasteiger charge is 2.04. The van der Waals surface area contributed by atoms with Crippen LogP contribution < -0.4 is 5.32 Å². The molecule has 0 aromatic rings. The maximum absolute atomic E-state index is 10.4. The molecule has 2 rings (SSSR count). The molecule has 1 aliphatic carbocycles. The highest BCUT2D eigenvalue weighted by Crippen LogP contribution is 2.04. The van der Waals surface area contributed by atoms with Crippen molar-refractivity contribution in [3.8, 4) is 0 Å². The molecule has 1 aliphatic heterocycles. The number of carbonyl (C=O) groups excluding carboxylic acids is 2. The standard InChI is InChI=1S/C6H8O.C5H9NO/c7-6-4-2-1-3-5-6;7-5-3-1-2-4-6-5/h2,4H,1,3,5H2;1-4H2,(H,6,7). The highest BCUT2D eigenvalue weighted by molar-refractivity contribution is 5.90. The zero-order valence-corrected chi connectivity index (χ0v) is 8.42. The lowest BCUT2D eigenvalue weighted by molar-refractivity contribution is -0.122. The Labute approximate surface area is 84.6 Å². The van der Waals surface area contributed by atoms with Gasteiger partial charge in [0, 0.05) is 19.4 Å². The molecule has 0 atom stereocenters. The number of allylic oxidation sites excluding steroid dienone is 2. The molecule has 78 valence electrons. The molecular weight excluding hydrogens is 178 g/mol. The largest absolute Gasteiger partial charge is 0.356 e. The first-order valence-corrected chi connectivity index (χ1v) is 5.25. The first kappa shape index (κ1) is 11.0. The van der Waals surface area contributed by atoms with E-state index in [1.807, 2.05) is 6.08 Å². The van der Waals surface area contributed by atoms with Crippen LogP contribution in [0, 0.1) is 0 Å². The molecule has 0 saturated carbocycles. The van der Waals surface area contributed by atoms with Gasteiger partial charge in [-0.15, -0.1) is 0 Å². The van der Waals surface area contributed by atoms with E-state index >= 15 is 0 Å². The van der Waals surface area contributed by atoms with Gasteiger partial charge in [0.15, 0.2) is 5.78 Å². The number of ketones is 1. The molecule has 14 heavy (non-hydrogen) atoms. The molecule has 1 N–H and O–H groups in total. The van der Waals surface area contributed by atoms with Crippen molar-refractivity contribution in [3.63, 3.8) is 0 Å². The van der Waals surface area contributed by atoms with Crippen LogP contribution in [0.15, 0.2) is 12.2 Å². The molecule has 1 heterocycles. The first-order valence-electron chi connectivity index (χ1n) is 5.25. The summed E-state index contributed by atoms with van der Waals surface area (Å²) in [5, 5.41) is 2.74. The van der Waals surface area contributed by atoms with E-state index in [9.17, 15) is 9.59 Å². The van der Waals surface area contributed by atoms with Crippen molar-refractivity contribution < 1.29 is 9.59 Å². The van der Waals surface area contributed by atoms with Gasteiger partial charge in [-0.1, -0.05) is 6.08 Å². The molecule has 1 fully saturated rings. The third-order valence-corrected chi connectivity index (χ3v) is 2.25. The second kappa shape index (κ2) is 6.35. The van der Waals surface area contributed by atoms with Crippen molar-refractivity contribution >= 4 is 11.7 Å². The van der Waals surface area contributed by atoms with Crippen molar-refractivity contribution in [1.82, 2.24) is 5.32 Å². The number of piperidine rings is 1. The van der Waals surface area contributed by atoms with Gasteiger partial charge in [-0.05, 0) is 31.8 Å². The lowest BCUT2D eigenvalue weighted by atomic mass is 10.1. The van der Waals surface area contributed by atoms with Gasteiger partial charge >= 0.3 is 0 Å². The van der Waals surface area contributed by atoms with E-state index in [0.29, 0.717) is 0 Å². The van der Waals surface area contributed by atoms with Crippen LogP contribution in [0.5, 0.6) is 0 Å². The van der Waals surface area contributed by atoms with Gasteiger partial charge in [0.1, 0.15) is 0 Å². The summed E-state index contributed by atoms with van der Waals surface area (Å²) in [5.74, 6) is 0.498. The van der Waals surface area contributed by atoms with Gasteiger partial charge < -0.3 is 5.32 Å². The van der Waals surface area contributed by atoms with Crippen LogP contribution in [0.25, 0.3) is 0 Å². The molecule has 3 heteroatoms. The molecule has 0 aromatic carbocycles. The first-order chi connectivity index (χ1) is 6.79. The maximum atomic E-state index is 10.4. The van der Waals surface area contributed by atoms with Crippen LogP contribution in [0.1, 0.15) is 38.5 Å². The van der Waals surface area contributed by atoms with Crippen LogP contribution in [-0.2, 0) is 9.59 Å². The number of hydrogen-bond acceptors (Lipinski definition) is 2. The van der Waals surface area contributed by atoms with Crippen molar-refractivity contribution in [2.24, 2.45) is 0 Å². The molecule has 0 aromatic heterocycles. The van der Waals surface area contributed by atoms with Gasteiger partial charge in [0.2, 0.25) is 5.91 Å². The average Bonchev–Trinajstić information content (AvgIpc) is 2.21. The second-order valence-electron chi connectivity index (χ2n) is 3.57. The number of carbonyl (C=O) groups is 2. The highest BCUT2D eigenvalue weighted by atomic mass is 16.1. The summed E-state index contributed by atoms with van der Waals surface area (Å²) >= 11 is 0. The van der Waals surface area contributed by atoms with Crippen molar-refractivity contribution in [2.75, 3.05) is 6.54 Å². The molecule has 2 aliphatic rings. The van der Waals surface area contributed by atoms with Crippen LogP contribution >= 0.6 is 0 Å². The summed E-state index contributed by atoms with van der Waals surface area (Å²) in [6.07, 6.45) is 9.48. The van der Waals surface area contributed by atoms with E-state index in [2.05, 4.69) is 5.32 Å². The third-order valence-electron chi connectivity index (χ3n) is 2.25. The Balaban J connectivity index is 0.000000140. The lowest BCUT2D eigenvalue weighted by Crippen LogP contribution is -2.28. The SMILES string of the molecule is O=C1C=CCCC1.O=C1CCCCN1. The summed E-state index contributed by atoms with van der Waals surface area (Å²) in [4.78, 5) is 20.7. The van der Waals surface area contributed by atoms with Crippen LogP contribution in [0.4, 0.5) is 0 Å². The van der Waals surface area contributed by atoms with E-state index in [1.54, 1.807) is 6.08 Å². The molecule has 1 saturated heterocycles. The summed E-state index contributed by atoms with van der Waals surface area (Å²) in [5.41, 5.74) is 0. The predicted octanol–water partition coefficient (Wildman–Crippen LogP) is 1.58. The van der Waals surface area contributed by atoms with Crippen molar-refractivity contribution in [1.29, 1.82) is 0 Å². The van der Waals surface area contributed by atoms with Gasteiger partial charge in [-0.3, -0.25) is 9.59 Å². The molecule has 0 radical (unpaired) electrons. The number of nitrogens with one attached hydrogen (secondary N) is 1. The fourth-order valence-corrected chi connectivity index (χ4v) is 1.42. The van der Waals surface area contributed by atoms with Crippen LogP contribution in [0.3, 0.4) is 0 Å². The summed E-state index contributed by atoms with van der Waals surface area (Å²) in [7, 11) is 0. The van der Waals surface area contributed by atoms with E-state index in [0.717, 1.165) is 45.1 Å². The van der Waals surface area contributed by atoms with E-state index in [4.69, 9.17) is 0 Å². The summed E-state index contributed by atoms with van der Waals surface area (Å²) in [6, 6.07) is 0. The monoisotopic (exact) mass is 195 g/mol. The smallest absolute Gasteiger partial charge is 0.219 e. The lowest BCUT2D eigenvalue weighted by Gasteiger charge is -2.08. The van der Waals surface area contributed by atoms with Gasteiger partial charge in [-0.25, -0.2) is 0 Å². The van der Waals surface area contributed by atoms with Crippen molar-refractivity contribution in [2.45, 2.75) is 38.5 Å². The zero-order valence-electron chi connectivity index (χ0n) is 8.42. The van der Waals surface area contributed by atoms with Gasteiger partial charge in [0.25, 0.3) is 0 Å². The molecule has 1 amide bonds. The molecule has 0 bridgehead atoms. The van der Waals surface area contributed by atoms with Gasteiger partial charge in [-0.2, -0.15) is 0 Å². The minimum atomic E-state index is 0.214. The third kappa shape index (κ3) is 4.80. The van der Waals surface area contributed by atoms with Crippen molar-refractivity contribution in [3.05, 3.63) is 12.2 Å². The van der Waals surface area contributed by atoms with Gasteiger partial charge in [0.05, 0.1) is 0 Å².